The summed E-state index contributed by atoms with van der Waals surface area (Å²) in [5.74, 6) is 1.23. The molecule has 1 atom stereocenters. The van der Waals surface area contributed by atoms with Crippen LogP contribution in [-0.4, -0.2) is 25.5 Å². The zero-order valence-electron chi connectivity index (χ0n) is 14.7. The number of pyridine rings is 1. The molecule has 3 aromatic rings. The van der Waals surface area contributed by atoms with E-state index in [1.165, 1.54) is 0 Å². The van der Waals surface area contributed by atoms with E-state index < -0.39 is 6.04 Å². The Hall–Kier alpha value is -2.70. The van der Waals surface area contributed by atoms with Crippen LogP contribution in [0.2, 0.25) is 10.0 Å². The van der Waals surface area contributed by atoms with Crippen LogP contribution in [0.5, 0.6) is 0 Å². The Morgan fingerprint density at radius 2 is 2.07 bits per heavy atom. The van der Waals surface area contributed by atoms with Gasteiger partial charge < -0.3 is 5.32 Å². The number of aromatic nitrogens is 4. The molecule has 28 heavy (non-hydrogen) atoms. The van der Waals surface area contributed by atoms with Crippen LogP contribution in [0.1, 0.15) is 30.9 Å². The van der Waals surface area contributed by atoms with Crippen LogP contribution in [0.25, 0.3) is 11.4 Å². The first-order chi connectivity index (χ1) is 13.6. The Morgan fingerprint density at radius 3 is 2.86 bits per heavy atom. The van der Waals surface area contributed by atoms with Gasteiger partial charge in [-0.05, 0) is 37.1 Å². The van der Waals surface area contributed by atoms with E-state index in [2.05, 4.69) is 15.3 Å². The van der Waals surface area contributed by atoms with E-state index in [4.69, 9.17) is 28.3 Å². The average molecular weight is 412 g/mol. The van der Waals surface area contributed by atoms with Gasteiger partial charge in [0.1, 0.15) is 6.04 Å². The molecule has 3 heterocycles. The van der Waals surface area contributed by atoms with E-state index in [9.17, 15) is 4.79 Å². The molecule has 1 aliphatic heterocycles. The number of rotatable bonds is 2. The monoisotopic (exact) mass is 411 g/mol. The number of ketones is 1. The predicted octanol–water partition coefficient (Wildman–Crippen LogP) is 4.67. The number of carbonyl (C=O) groups excluding carboxylic acids is 1. The molecule has 1 aliphatic carbocycles. The van der Waals surface area contributed by atoms with Crippen molar-refractivity contribution in [3.05, 3.63) is 69.6 Å². The summed E-state index contributed by atoms with van der Waals surface area (Å²) in [6.45, 7) is 0. The number of hydrogen-bond acceptors (Lipinski definition) is 5. The van der Waals surface area contributed by atoms with Gasteiger partial charge in [0.05, 0.1) is 0 Å². The first kappa shape index (κ1) is 17.4. The molecule has 6 nitrogen and oxygen atoms in total. The number of nitrogens with one attached hydrogen (secondary N) is 1. The van der Waals surface area contributed by atoms with E-state index in [1.807, 2.05) is 18.2 Å². The fourth-order valence-electron chi connectivity index (χ4n) is 3.78. The summed E-state index contributed by atoms with van der Waals surface area (Å²) in [6, 6.07) is 8.60. The van der Waals surface area contributed by atoms with Gasteiger partial charge in [0, 0.05) is 51.3 Å². The number of benzene rings is 1. The Kier molecular flexibility index (Phi) is 4.18. The van der Waals surface area contributed by atoms with E-state index in [-0.39, 0.29) is 5.78 Å². The molecule has 1 N–H and O–H groups in total. The van der Waals surface area contributed by atoms with Gasteiger partial charge >= 0.3 is 0 Å². The number of fused-ring (bicyclic) bond motifs is 1. The van der Waals surface area contributed by atoms with E-state index in [1.54, 1.807) is 29.2 Å². The number of nitrogens with zero attached hydrogens (tertiary/aromatic N) is 4. The van der Waals surface area contributed by atoms with Crippen LogP contribution < -0.4 is 5.32 Å². The summed E-state index contributed by atoms with van der Waals surface area (Å²) in [5, 5.41) is 9.04. The van der Waals surface area contributed by atoms with Crippen molar-refractivity contribution in [2.75, 3.05) is 5.32 Å². The Labute approximate surface area is 171 Å². The van der Waals surface area contributed by atoms with Gasteiger partial charge in [0.25, 0.3) is 0 Å². The summed E-state index contributed by atoms with van der Waals surface area (Å²) < 4.78 is 1.74. The maximum atomic E-state index is 12.8. The maximum absolute atomic E-state index is 12.8. The van der Waals surface area contributed by atoms with Crippen molar-refractivity contribution >= 4 is 34.9 Å². The van der Waals surface area contributed by atoms with E-state index >= 15 is 0 Å². The predicted molar refractivity (Wildman–Crippen MR) is 107 cm³/mol. The molecule has 0 saturated carbocycles. The van der Waals surface area contributed by atoms with Crippen molar-refractivity contribution in [2.24, 2.45) is 0 Å². The standard InChI is InChI=1S/C20H15Cl2N5O/c21-12-6-7-13(14(22)9-12)18-17-15(4-1-5-16(17)28)24-20-25-19(26-27(18)20)11-3-2-8-23-10-11/h2-3,6-10,18H,1,4-5H2,(H,24,25,26). The Morgan fingerprint density at radius 1 is 1.18 bits per heavy atom. The summed E-state index contributed by atoms with van der Waals surface area (Å²) in [6.07, 6.45) is 5.53. The lowest BCUT2D eigenvalue weighted by molar-refractivity contribution is -0.116. The van der Waals surface area contributed by atoms with Crippen LogP contribution in [0.4, 0.5) is 5.95 Å². The molecular formula is C20H15Cl2N5O. The molecule has 0 bridgehead atoms. The summed E-state index contributed by atoms with van der Waals surface area (Å²) in [5.41, 5.74) is 3.17. The Bertz CT molecular complexity index is 1120. The smallest absolute Gasteiger partial charge is 0.226 e. The molecule has 0 fully saturated rings. The number of hydrogen-bond donors (Lipinski definition) is 1. The highest BCUT2D eigenvalue weighted by Crippen LogP contribution is 2.42. The van der Waals surface area contributed by atoms with Gasteiger partial charge in [-0.3, -0.25) is 9.78 Å². The van der Waals surface area contributed by atoms with Crippen molar-refractivity contribution < 1.29 is 4.79 Å². The second kappa shape index (κ2) is 6.72. The Balaban J connectivity index is 1.71. The molecule has 0 saturated heterocycles. The first-order valence-corrected chi connectivity index (χ1v) is 9.72. The van der Waals surface area contributed by atoms with Crippen LogP contribution in [0.15, 0.2) is 54.0 Å². The zero-order chi connectivity index (χ0) is 19.3. The van der Waals surface area contributed by atoms with Crippen molar-refractivity contribution in [3.63, 3.8) is 0 Å². The molecular weight excluding hydrogens is 397 g/mol. The fourth-order valence-corrected chi connectivity index (χ4v) is 4.30. The van der Waals surface area contributed by atoms with E-state index in [0.29, 0.717) is 33.8 Å². The zero-order valence-corrected chi connectivity index (χ0v) is 16.2. The van der Waals surface area contributed by atoms with Crippen LogP contribution >= 0.6 is 23.2 Å². The van der Waals surface area contributed by atoms with Crippen molar-refractivity contribution in [3.8, 4) is 11.4 Å². The second-order valence-electron chi connectivity index (χ2n) is 6.81. The molecule has 0 radical (unpaired) electrons. The minimum absolute atomic E-state index is 0.105. The largest absolute Gasteiger partial charge is 0.328 e. The lowest BCUT2D eigenvalue weighted by Crippen LogP contribution is -2.31. The number of allylic oxidation sites excluding steroid dienone is 2. The van der Waals surface area contributed by atoms with Crippen molar-refractivity contribution in [2.45, 2.75) is 25.3 Å². The molecule has 5 rings (SSSR count). The number of halogens is 2. The topological polar surface area (TPSA) is 72.7 Å². The van der Waals surface area contributed by atoms with Gasteiger partial charge in [-0.1, -0.05) is 29.3 Å². The fraction of sp³-hybridized carbons (Fsp3) is 0.200. The van der Waals surface area contributed by atoms with Gasteiger partial charge in [0.15, 0.2) is 11.6 Å². The third-order valence-electron chi connectivity index (χ3n) is 5.04. The van der Waals surface area contributed by atoms with Gasteiger partial charge in [0.2, 0.25) is 5.95 Å². The third kappa shape index (κ3) is 2.80. The molecule has 2 aliphatic rings. The van der Waals surface area contributed by atoms with Crippen LogP contribution in [0.3, 0.4) is 0 Å². The van der Waals surface area contributed by atoms with Crippen LogP contribution in [0, 0.1) is 0 Å². The average Bonchev–Trinajstić information content (AvgIpc) is 3.12. The lowest BCUT2D eigenvalue weighted by Gasteiger charge is -2.32. The molecule has 1 unspecified atom stereocenters. The minimum atomic E-state index is -0.443. The van der Waals surface area contributed by atoms with Crippen molar-refractivity contribution in [1.29, 1.82) is 0 Å². The quantitative estimate of drug-likeness (QED) is 0.663. The third-order valence-corrected chi connectivity index (χ3v) is 5.61. The minimum Gasteiger partial charge on any atom is -0.328 e. The maximum Gasteiger partial charge on any atom is 0.226 e. The summed E-state index contributed by atoms with van der Waals surface area (Å²) in [4.78, 5) is 21.6. The molecule has 2 aromatic heterocycles. The molecule has 140 valence electrons. The van der Waals surface area contributed by atoms with E-state index in [0.717, 1.165) is 29.7 Å². The molecule has 0 spiro atoms. The highest BCUT2D eigenvalue weighted by Gasteiger charge is 2.37. The highest BCUT2D eigenvalue weighted by molar-refractivity contribution is 6.35. The number of Topliss-reactive ketones (excluding diaryl/α,β-unsaturated/α-hetero) is 1. The second-order valence-corrected chi connectivity index (χ2v) is 7.65. The highest BCUT2D eigenvalue weighted by atomic mass is 35.5. The summed E-state index contributed by atoms with van der Waals surface area (Å²) >= 11 is 12.6. The van der Waals surface area contributed by atoms with Crippen molar-refractivity contribution in [1.82, 2.24) is 19.7 Å². The SMILES string of the molecule is O=C1CCCC2=C1C(c1ccc(Cl)cc1Cl)n1nc(-c3cccnc3)nc1N2. The van der Waals surface area contributed by atoms with Crippen LogP contribution in [-0.2, 0) is 4.79 Å². The van der Waals surface area contributed by atoms with Gasteiger partial charge in [-0.2, -0.15) is 4.98 Å². The molecule has 1 aromatic carbocycles. The normalized spacial score (nSPS) is 18.5. The lowest BCUT2D eigenvalue weighted by atomic mass is 9.85. The van der Waals surface area contributed by atoms with Gasteiger partial charge in [-0.25, -0.2) is 4.68 Å². The summed E-state index contributed by atoms with van der Waals surface area (Å²) in [7, 11) is 0. The van der Waals surface area contributed by atoms with Gasteiger partial charge in [-0.15, -0.1) is 5.10 Å². The molecule has 8 heteroatoms. The first-order valence-electron chi connectivity index (χ1n) is 8.97. The molecule has 0 amide bonds. The number of anilines is 1. The number of carbonyl (C=O) groups is 1.